The number of ether oxygens (including phenoxy) is 1. The highest BCUT2D eigenvalue weighted by Crippen LogP contribution is 2.21. The van der Waals surface area contributed by atoms with Gasteiger partial charge < -0.3 is 15.0 Å². The molecule has 0 atom stereocenters. The smallest absolute Gasteiger partial charge is 0.267 e. The molecule has 6 heteroatoms. The van der Waals surface area contributed by atoms with Crippen LogP contribution in [0.25, 0.3) is 10.9 Å². The Labute approximate surface area is 156 Å². The van der Waals surface area contributed by atoms with E-state index in [1.54, 1.807) is 13.3 Å². The number of aromatic amines is 1. The summed E-state index contributed by atoms with van der Waals surface area (Å²) < 4.78 is 7.09. The lowest BCUT2D eigenvalue weighted by Gasteiger charge is -2.10. The molecule has 0 fully saturated rings. The zero-order valence-electron chi connectivity index (χ0n) is 15.0. The third kappa shape index (κ3) is 3.69. The molecule has 0 aliphatic carbocycles. The van der Waals surface area contributed by atoms with Crippen LogP contribution in [0.4, 0.5) is 0 Å². The number of nitrogens with zero attached hydrogens (tertiary/aromatic N) is 2. The van der Waals surface area contributed by atoms with E-state index in [1.807, 2.05) is 59.4 Å². The lowest BCUT2D eigenvalue weighted by atomic mass is 10.1. The molecule has 2 N–H and O–H groups in total. The van der Waals surface area contributed by atoms with Crippen molar-refractivity contribution < 1.29 is 9.53 Å². The van der Waals surface area contributed by atoms with Gasteiger partial charge in [-0.05, 0) is 35.4 Å². The second kappa shape index (κ2) is 7.37. The first-order valence-corrected chi connectivity index (χ1v) is 8.72. The van der Waals surface area contributed by atoms with Gasteiger partial charge in [-0.3, -0.25) is 9.48 Å². The Morgan fingerprint density at radius 2 is 2.00 bits per heavy atom. The van der Waals surface area contributed by atoms with Gasteiger partial charge in [0.1, 0.15) is 11.4 Å². The molecule has 0 unspecified atom stereocenters. The van der Waals surface area contributed by atoms with Crippen LogP contribution in [0.3, 0.4) is 0 Å². The number of nitrogens with one attached hydrogen (secondary N) is 2. The summed E-state index contributed by atoms with van der Waals surface area (Å²) in [5.41, 5.74) is 3.60. The van der Waals surface area contributed by atoms with E-state index in [1.165, 1.54) is 0 Å². The van der Waals surface area contributed by atoms with Crippen LogP contribution in [-0.4, -0.2) is 27.8 Å². The number of H-pyrrole nitrogens is 1. The van der Waals surface area contributed by atoms with Crippen molar-refractivity contribution in [1.82, 2.24) is 20.1 Å². The number of amides is 1. The third-order valence-corrected chi connectivity index (χ3v) is 4.52. The normalized spacial score (nSPS) is 10.9. The number of rotatable bonds is 6. The molecule has 0 saturated carbocycles. The minimum atomic E-state index is -0.140. The van der Waals surface area contributed by atoms with Crippen LogP contribution in [0, 0.1) is 0 Å². The van der Waals surface area contributed by atoms with Crippen molar-refractivity contribution in [3.8, 4) is 5.75 Å². The van der Waals surface area contributed by atoms with Crippen LogP contribution in [-0.2, 0) is 13.1 Å². The van der Waals surface area contributed by atoms with Gasteiger partial charge in [-0.15, -0.1) is 0 Å². The van der Waals surface area contributed by atoms with E-state index in [2.05, 4.69) is 21.5 Å². The maximum Gasteiger partial charge on any atom is 0.267 e. The van der Waals surface area contributed by atoms with Gasteiger partial charge in [0.2, 0.25) is 0 Å². The molecule has 0 radical (unpaired) electrons. The molecule has 0 saturated heterocycles. The van der Waals surface area contributed by atoms with Crippen molar-refractivity contribution >= 4 is 16.8 Å². The summed E-state index contributed by atoms with van der Waals surface area (Å²) in [6.07, 6.45) is 3.68. The van der Waals surface area contributed by atoms with Gasteiger partial charge in [0.25, 0.3) is 5.91 Å². The van der Waals surface area contributed by atoms with E-state index >= 15 is 0 Å². The van der Waals surface area contributed by atoms with Crippen LogP contribution in [0.2, 0.25) is 0 Å². The highest BCUT2D eigenvalue weighted by molar-refractivity contribution is 5.98. The summed E-state index contributed by atoms with van der Waals surface area (Å²) in [7, 11) is 1.62. The standard InChI is InChI=1S/C21H20N4O2/c1-27-18-8-7-15-11-20(24-19(15)12-18)21(26)22-13-16-5-2-3-6-17(16)14-25-10-4-9-23-25/h2-12,24H,13-14H2,1H3,(H,22,26). The number of hydrogen-bond acceptors (Lipinski definition) is 3. The Balaban J connectivity index is 1.48. The average Bonchev–Trinajstić information content (AvgIpc) is 3.35. The van der Waals surface area contributed by atoms with E-state index < -0.39 is 0 Å². The Morgan fingerprint density at radius 3 is 2.78 bits per heavy atom. The van der Waals surface area contributed by atoms with Crippen molar-refractivity contribution in [3.05, 3.63) is 83.8 Å². The predicted octanol–water partition coefficient (Wildman–Crippen LogP) is 3.35. The summed E-state index contributed by atoms with van der Waals surface area (Å²) in [5.74, 6) is 0.614. The second-order valence-corrected chi connectivity index (χ2v) is 6.29. The molecule has 4 rings (SSSR count). The molecule has 2 aromatic carbocycles. The molecule has 4 aromatic rings. The maximum atomic E-state index is 12.6. The molecule has 1 amide bonds. The monoisotopic (exact) mass is 360 g/mol. The lowest BCUT2D eigenvalue weighted by molar-refractivity contribution is 0.0946. The zero-order chi connectivity index (χ0) is 18.6. The van der Waals surface area contributed by atoms with Gasteiger partial charge in [-0.2, -0.15) is 5.10 Å². The first-order chi connectivity index (χ1) is 13.2. The minimum absolute atomic E-state index is 0.140. The molecule has 6 nitrogen and oxygen atoms in total. The van der Waals surface area contributed by atoms with E-state index in [4.69, 9.17) is 4.74 Å². The van der Waals surface area contributed by atoms with Gasteiger partial charge in [0.05, 0.1) is 13.7 Å². The van der Waals surface area contributed by atoms with Crippen molar-refractivity contribution in [2.75, 3.05) is 7.11 Å². The fourth-order valence-electron chi connectivity index (χ4n) is 3.08. The Bertz CT molecular complexity index is 1070. The van der Waals surface area contributed by atoms with Crippen molar-refractivity contribution in [1.29, 1.82) is 0 Å². The fraction of sp³-hybridized carbons (Fsp3) is 0.143. The van der Waals surface area contributed by atoms with Gasteiger partial charge in [0, 0.05) is 35.9 Å². The first kappa shape index (κ1) is 16.9. The molecule has 136 valence electrons. The highest BCUT2D eigenvalue weighted by atomic mass is 16.5. The quantitative estimate of drug-likeness (QED) is 0.554. The topological polar surface area (TPSA) is 71.9 Å². The number of hydrogen-bond donors (Lipinski definition) is 2. The Kier molecular flexibility index (Phi) is 4.61. The van der Waals surface area contributed by atoms with E-state index in [0.717, 1.165) is 27.8 Å². The lowest BCUT2D eigenvalue weighted by Crippen LogP contribution is -2.24. The number of carbonyl (C=O) groups excluding carboxylic acids is 1. The average molecular weight is 360 g/mol. The molecule has 0 aliphatic heterocycles. The number of methoxy groups -OCH3 is 1. The Morgan fingerprint density at radius 1 is 1.15 bits per heavy atom. The van der Waals surface area contributed by atoms with Crippen LogP contribution in [0.15, 0.2) is 67.0 Å². The van der Waals surface area contributed by atoms with Crippen LogP contribution in [0.5, 0.6) is 5.75 Å². The third-order valence-electron chi connectivity index (χ3n) is 4.52. The number of fused-ring (bicyclic) bond motifs is 1. The van der Waals surface area contributed by atoms with E-state index in [0.29, 0.717) is 18.8 Å². The van der Waals surface area contributed by atoms with Gasteiger partial charge in [-0.25, -0.2) is 0 Å². The zero-order valence-corrected chi connectivity index (χ0v) is 15.0. The molecule has 27 heavy (non-hydrogen) atoms. The summed E-state index contributed by atoms with van der Waals surface area (Å²) in [6, 6.07) is 17.5. The summed E-state index contributed by atoms with van der Waals surface area (Å²) >= 11 is 0. The number of benzene rings is 2. The van der Waals surface area contributed by atoms with Crippen molar-refractivity contribution in [2.24, 2.45) is 0 Å². The molecule has 0 aliphatic rings. The van der Waals surface area contributed by atoms with Crippen molar-refractivity contribution in [3.63, 3.8) is 0 Å². The maximum absolute atomic E-state index is 12.6. The number of carbonyl (C=O) groups is 1. The van der Waals surface area contributed by atoms with Crippen LogP contribution >= 0.6 is 0 Å². The van der Waals surface area contributed by atoms with E-state index in [-0.39, 0.29) is 5.91 Å². The Hall–Kier alpha value is -3.54. The predicted molar refractivity (Wildman–Crippen MR) is 104 cm³/mol. The molecule has 2 aromatic heterocycles. The van der Waals surface area contributed by atoms with E-state index in [9.17, 15) is 4.79 Å². The van der Waals surface area contributed by atoms with Crippen LogP contribution < -0.4 is 10.1 Å². The molecular formula is C21H20N4O2. The summed E-state index contributed by atoms with van der Waals surface area (Å²) in [6.45, 7) is 1.13. The molecule has 0 bridgehead atoms. The fourth-order valence-corrected chi connectivity index (χ4v) is 3.08. The molecule has 0 spiro atoms. The summed E-state index contributed by atoms with van der Waals surface area (Å²) in [4.78, 5) is 15.7. The summed E-state index contributed by atoms with van der Waals surface area (Å²) in [5, 5.41) is 8.21. The molecule has 2 heterocycles. The number of aromatic nitrogens is 3. The second-order valence-electron chi connectivity index (χ2n) is 6.29. The highest BCUT2D eigenvalue weighted by Gasteiger charge is 2.11. The van der Waals surface area contributed by atoms with Gasteiger partial charge in [0.15, 0.2) is 0 Å². The largest absolute Gasteiger partial charge is 0.497 e. The van der Waals surface area contributed by atoms with Crippen molar-refractivity contribution in [2.45, 2.75) is 13.1 Å². The van der Waals surface area contributed by atoms with Gasteiger partial charge >= 0.3 is 0 Å². The van der Waals surface area contributed by atoms with Gasteiger partial charge in [-0.1, -0.05) is 24.3 Å². The minimum Gasteiger partial charge on any atom is -0.497 e. The van der Waals surface area contributed by atoms with Crippen LogP contribution in [0.1, 0.15) is 21.6 Å². The SMILES string of the molecule is COc1ccc2cc(C(=O)NCc3ccccc3Cn3cccn3)[nH]c2c1. The molecular weight excluding hydrogens is 340 g/mol. The first-order valence-electron chi connectivity index (χ1n) is 8.72.